The molecule has 0 saturated heterocycles. The Morgan fingerprint density at radius 1 is 1.10 bits per heavy atom. The summed E-state index contributed by atoms with van der Waals surface area (Å²) < 4.78 is 2.50. The molecular weight excluding hydrogens is 399 g/mol. The van der Waals surface area contributed by atoms with E-state index >= 15 is 0 Å². The van der Waals surface area contributed by atoms with Gasteiger partial charge in [-0.2, -0.15) is 5.10 Å². The molecule has 1 aromatic heterocycles. The molecule has 0 aliphatic heterocycles. The average Bonchev–Trinajstić information content (AvgIpc) is 2.99. The van der Waals surface area contributed by atoms with Crippen molar-refractivity contribution < 1.29 is 4.79 Å². The van der Waals surface area contributed by atoms with Crippen LogP contribution in [-0.4, -0.2) is 15.6 Å². The van der Waals surface area contributed by atoms with E-state index in [2.05, 4.69) is 27.7 Å². The highest BCUT2D eigenvalue weighted by Crippen LogP contribution is 2.22. The molecule has 3 aromatic rings. The minimum Gasteiger partial charge on any atom is -0.287 e. The SMILES string of the molecule is O=C(c1cc(Cl)ccc1I)c1ccnn1-c1ccccc1. The zero-order valence-electron chi connectivity index (χ0n) is 10.8. The van der Waals surface area contributed by atoms with Crippen LogP contribution in [0.2, 0.25) is 5.02 Å². The Balaban J connectivity index is 2.08. The summed E-state index contributed by atoms with van der Waals surface area (Å²) in [4.78, 5) is 12.8. The maximum Gasteiger partial charge on any atom is 0.212 e. The molecule has 0 bridgehead atoms. The van der Waals surface area contributed by atoms with Crippen LogP contribution in [0.15, 0.2) is 60.8 Å². The summed E-state index contributed by atoms with van der Waals surface area (Å²) in [6, 6.07) is 16.6. The Hall–Kier alpha value is -1.66. The first-order valence-corrected chi connectivity index (χ1v) is 7.71. The van der Waals surface area contributed by atoms with Gasteiger partial charge in [0.25, 0.3) is 0 Å². The second-order valence-electron chi connectivity index (χ2n) is 4.42. The highest BCUT2D eigenvalue weighted by molar-refractivity contribution is 14.1. The second-order valence-corrected chi connectivity index (χ2v) is 6.02. The fraction of sp³-hybridized carbons (Fsp3) is 0. The molecule has 0 atom stereocenters. The first-order valence-electron chi connectivity index (χ1n) is 6.26. The summed E-state index contributed by atoms with van der Waals surface area (Å²) in [7, 11) is 0. The number of halogens is 2. The first kappa shape index (κ1) is 14.3. The van der Waals surface area contributed by atoms with Gasteiger partial charge in [-0.3, -0.25) is 4.79 Å². The van der Waals surface area contributed by atoms with E-state index in [9.17, 15) is 4.79 Å². The van der Waals surface area contributed by atoms with Crippen molar-refractivity contribution in [3.63, 3.8) is 0 Å². The molecule has 0 aliphatic carbocycles. The number of carbonyl (C=O) groups is 1. The van der Waals surface area contributed by atoms with Crippen LogP contribution < -0.4 is 0 Å². The maximum atomic E-state index is 12.8. The maximum absolute atomic E-state index is 12.8. The molecule has 0 aliphatic rings. The van der Waals surface area contributed by atoms with Crippen molar-refractivity contribution in [2.45, 2.75) is 0 Å². The number of nitrogens with zero attached hydrogens (tertiary/aromatic N) is 2. The lowest BCUT2D eigenvalue weighted by atomic mass is 10.1. The normalized spacial score (nSPS) is 10.6. The minimum atomic E-state index is -0.0942. The Labute approximate surface area is 140 Å². The van der Waals surface area contributed by atoms with Gasteiger partial charge in [-0.1, -0.05) is 29.8 Å². The van der Waals surface area contributed by atoms with Gasteiger partial charge in [0, 0.05) is 14.2 Å². The third kappa shape index (κ3) is 2.87. The van der Waals surface area contributed by atoms with Gasteiger partial charge in [0.05, 0.1) is 11.9 Å². The number of aromatic nitrogens is 2. The van der Waals surface area contributed by atoms with Crippen LogP contribution in [0.1, 0.15) is 16.1 Å². The lowest BCUT2D eigenvalue weighted by molar-refractivity contribution is 0.103. The van der Waals surface area contributed by atoms with Gasteiger partial charge in [-0.05, 0) is 59.0 Å². The molecule has 0 amide bonds. The molecule has 0 unspecified atom stereocenters. The van der Waals surface area contributed by atoms with Gasteiger partial charge in [-0.25, -0.2) is 4.68 Å². The fourth-order valence-electron chi connectivity index (χ4n) is 2.06. The number of para-hydroxylation sites is 1. The van der Waals surface area contributed by atoms with Crippen LogP contribution in [0, 0.1) is 3.57 Å². The lowest BCUT2D eigenvalue weighted by Crippen LogP contribution is -2.11. The first-order chi connectivity index (χ1) is 10.2. The Bertz CT molecular complexity index is 799. The van der Waals surface area contributed by atoms with Crippen LogP contribution >= 0.6 is 34.2 Å². The van der Waals surface area contributed by atoms with Crippen LogP contribution in [-0.2, 0) is 0 Å². The van der Waals surface area contributed by atoms with Gasteiger partial charge < -0.3 is 0 Å². The van der Waals surface area contributed by atoms with E-state index in [4.69, 9.17) is 11.6 Å². The Morgan fingerprint density at radius 3 is 2.62 bits per heavy atom. The minimum absolute atomic E-state index is 0.0942. The van der Waals surface area contributed by atoms with E-state index < -0.39 is 0 Å². The van der Waals surface area contributed by atoms with E-state index in [0.29, 0.717) is 16.3 Å². The van der Waals surface area contributed by atoms with E-state index in [-0.39, 0.29) is 5.78 Å². The summed E-state index contributed by atoms with van der Waals surface area (Å²) in [5, 5.41) is 4.79. The third-order valence-corrected chi connectivity index (χ3v) is 4.22. The summed E-state index contributed by atoms with van der Waals surface area (Å²) in [5.41, 5.74) is 1.95. The molecule has 0 saturated carbocycles. The fourth-order valence-corrected chi connectivity index (χ4v) is 2.81. The van der Waals surface area contributed by atoms with Gasteiger partial charge in [0.2, 0.25) is 5.78 Å². The van der Waals surface area contributed by atoms with Crippen LogP contribution in [0.3, 0.4) is 0 Å². The lowest BCUT2D eigenvalue weighted by Gasteiger charge is -2.08. The highest BCUT2D eigenvalue weighted by Gasteiger charge is 2.18. The van der Waals surface area contributed by atoms with Gasteiger partial charge in [-0.15, -0.1) is 0 Å². The van der Waals surface area contributed by atoms with Crippen molar-refractivity contribution in [2.24, 2.45) is 0 Å². The molecule has 21 heavy (non-hydrogen) atoms. The van der Waals surface area contributed by atoms with Crippen molar-refractivity contribution in [2.75, 3.05) is 0 Å². The van der Waals surface area contributed by atoms with Crippen LogP contribution in [0.4, 0.5) is 0 Å². The molecule has 1 heterocycles. The predicted molar refractivity (Wildman–Crippen MR) is 91.2 cm³/mol. The largest absolute Gasteiger partial charge is 0.287 e. The van der Waals surface area contributed by atoms with Crippen LogP contribution in [0.5, 0.6) is 0 Å². The van der Waals surface area contributed by atoms with Crippen molar-refractivity contribution in [3.05, 3.63) is 80.6 Å². The van der Waals surface area contributed by atoms with Crippen molar-refractivity contribution >= 4 is 40.0 Å². The van der Waals surface area contributed by atoms with E-state index in [0.717, 1.165) is 9.26 Å². The summed E-state index contributed by atoms with van der Waals surface area (Å²) in [5.74, 6) is -0.0942. The molecule has 3 rings (SSSR count). The average molecular weight is 409 g/mol. The number of carbonyl (C=O) groups excluding carboxylic acids is 1. The smallest absolute Gasteiger partial charge is 0.212 e. The zero-order chi connectivity index (χ0) is 14.8. The standard InChI is InChI=1S/C16H10ClIN2O/c17-11-6-7-14(18)13(10-11)16(21)15-8-9-19-20(15)12-4-2-1-3-5-12/h1-10H. The molecule has 0 spiro atoms. The Morgan fingerprint density at radius 2 is 1.86 bits per heavy atom. The number of benzene rings is 2. The molecule has 5 heteroatoms. The topological polar surface area (TPSA) is 34.9 Å². The molecule has 104 valence electrons. The molecule has 2 aromatic carbocycles. The van der Waals surface area contributed by atoms with Crippen LogP contribution in [0.25, 0.3) is 5.69 Å². The van der Waals surface area contributed by atoms with Crippen molar-refractivity contribution in [1.29, 1.82) is 0 Å². The molecular formula is C16H10ClIN2O. The number of hydrogen-bond acceptors (Lipinski definition) is 2. The van der Waals surface area contributed by atoms with E-state index in [1.54, 1.807) is 29.1 Å². The second kappa shape index (κ2) is 5.99. The number of ketones is 1. The van der Waals surface area contributed by atoms with Crippen molar-refractivity contribution in [1.82, 2.24) is 9.78 Å². The third-order valence-electron chi connectivity index (χ3n) is 3.05. The van der Waals surface area contributed by atoms with Crippen molar-refractivity contribution in [3.8, 4) is 5.69 Å². The Kier molecular flexibility index (Phi) is 4.07. The zero-order valence-corrected chi connectivity index (χ0v) is 13.7. The molecule has 0 radical (unpaired) electrons. The van der Waals surface area contributed by atoms with Gasteiger partial charge in [0.15, 0.2) is 0 Å². The molecule has 3 nitrogen and oxygen atoms in total. The predicted octanol–water partition coefficient (Wildman–Crippen LogP) is 4.36. The summed E-state index contributed by atoms with van der Waals surface area (Å²) >= 11 is 8.14. The summed E-state index contributed by atoms with van der Waals surface area (Å²) in [6.45, 7) is 0. The summed E-state index contributed by atoms with van der Waals surface area (Å²) in [6.07, 6.45) is 1.62. The number of hydrogen-bond donors (Lipinski definition) is 0. The van der Waals surface area contributed by atoms with E-state index in [1.165, 1.54) is 0 Å². The van der Waals surface area contributed by atoms with E-state index in [1.807, 2.05) is 36.4 Å². The van der Waals surface area contributed by atoms with Gasteiger partial charge >= 0.3 is 0 Å². The molecule has 0 N–H and O–H groups in total. The quantitative estimate of drug-likeness (QED) is 0.477. The highest BCUT2D eigenvalue weighted by atomic mass is 127. The molecule has 0 fully saturated rings. The monoisotopic (exact) mass is 408 g/mol. The number of rotatable bonds is 3. The van der Waals surface area contributed by atoms with Gasteiger partial charge in [0.1, 0.15) is 5.69 Å².